The highest BCUT2D eigenvalue weighted by Gasteiger charge is 2.22. The second-order valence-electron chi connectivity index (χ2n) is 7.42. The summed E-state index contributed by atoms with van der Waals surface area (Å²) in [4.78, 5) is 12.4. The quantitative estimate of drug-likeness (QED) is 0.336. The van der Waals surface area contributed by atoms with Gasteiger partial charge in [-0.05, 0) is 61.4 Å². The van der Waals surface area contributed by atoms with Crippen molar-refractivity contribution >= 4 is 17.8 Å². The number of carbonyl (C=O) groups is 1. The zero-order valence-electron chi connectivity index (χ0n) is 17.9. The van der Waals surface area contributed by atoms with Gasteiger partial charge in [0.2, 0.25) is 0 Å². The first-order valence-electron chi connectivity index (χ1n) is 10.4. The summed E-state index contributed by atoms with van der Waals surface area (Å²) in [6, 6.07) is 19.5. The molecule has 3 aromatic rings. The summed E-state index contributed by atoms with van der Waals surface area (Å²) >= 11 is 0. The van der Waals surface area contributed by atoms with E-state index < -0.39 is 5.97 Å². The van der Waals surface area contributed by atoms with Gasteiger partial charge >= 0.3 is 5.97 Å². The molecule has 1 aliphatic heterocycles. The van der Waals surface area contributed by atoms with Crippen molar-refractivity contribution in [3.8, 4) is 11.5 Å². The Kier molecular flexibility index (Phi) is 6.36. The summed E-state index contributed by atoms with van der Waals surface area (Å²) in [6.45, 7) is 4.56. The monoisotopic (exact) mass is 430 g/mol. The van der Waals surface area contributed by atoms with Gasteiger partial charge in [0.25, 0.3) is 0 Å². The number of halogens is 1. The number of rotatable bonds is 7. The third-order valence-electron chi connectivity index (χ3n) is 4.93. The number of hydrogen-bond donors (Lipinski definition) is 0. The highest BCUT2D eigenvalue weighted by molar-refractivity contribution is 6.05. The average Bonchev–Trinajstić information content (AvgIpc) is 3.14. The van der Waals surface area contributed by atoms with Crippen molar-refractivity contribution in [2.45, 2.75) is 20.5 Å². The van der Waals surface area contributed by atoms with Crippen LogP contribution >= 0.6 is 0 Å². The predicted octanol–water partition coefficient (Wildman–Crippen LogP) is 6.09. The van der Waals surface area contributed by atoms with E-state index in [2.05, 4.69) is 0 Å². The number of carbonyl (C=O) groups excluding carboxylic acids is 1. The first kappa shape index (κ1) is 21.4. The van der Waals surface area contributed by atoms with Gasteiger partial charge in [0.15, 0.2) is 11.5 Å². The summed E-state index contributed by atoms with van der Waals surface area (Å²) < 4.78 is 30.4. The van der Waals surface area contributed by atoms with E-state index in [1.54, 1.807) is 30.4 Å². The van der Waals surface area contributed by atoms with E-state index in [1.165, 1.54) is 12.1 Å². The second-order valence-corrected chi connectivity index (χ2v) is 7.42. The number of esters is 1. The van der Waals surface area contributed by atoms with Crippen LogP contribution in [0.4, 0.5) is 4.39 Å². The van der Waals surface area contributed by atoms with Crippen molar-refractivity contribution < 1.29 is 23.4 Å². The third-order valence-corrected chi connectivity index (χ3v) is 4.93. The fourth-order valence-corrected chi connectivity index (χ4v) is 3.32. The molecule has 5 heteroatoms. The van der Waals surface area contributed by atoms with Crippen LogP contribution in [0.3, 0.4) is 0 Å². The molecule has 3 aromatic carbocycles. The molecule has 0 radical (unpaired) electrons. The van der Waals surface area contributed by atoms with Crippen LogP contribution in [0.5, 0.6) is 11.5 Å². The molecule has 0 amide bonds. The molecule has 0 N–H and O–H groups in total. The van der Waals surface area contributed by atoms with Gasteiger partial charge in [-0.2, -0.15) is 0 Å². The molecule has 0 aliphatic carbocycles. The summed E-state index contributed by atoms with van der Waals surface area (Å²) in [5, 5.41) is 0. The molecule has 162 valence electrons. The first-order valence-corrected chi connectivity index (χ1v) is 10.4. The van der Waals surface area contributed by atoms with E-state index in [1.807, 2.05) is 50.2 Å². The fraction of sp³-hybridized carbons (Fsp3) is 0.148. The lowest BCUT2D eigenvalue weighted by atomic mass is 10.1. The highest BCUT2D eigenvalue weighted by atomic mass is 19.1. The maximum Gasteiger partial charge on any atom is 0.343 e. The van der Waals surface area contributed by atoms with E-state index in [-0.39, 0.29) is 12.4 Å². The first-order chi connectivity index (χ1) is 15.5. The molecular weight excluding hydrogens is 407 g/mol. The summed E-state index contributed by atoms with van der Waals surface area (Å²) in [5.74, 6) is 0.918. The minimum atomic E-state index is -0.398. The molecule has 0 bridgehead atoms. The van der Waals surface area contributed by atoms with Gasteiger partial charge < -0.3 is 14.2 Å². The zero-order valence-corrected chi connectivity index (χ0v) is 17.9. The Morgan fingerprint density at radius 3 is 2.53 bits per heavy atom. The Hall–Kier alpha value is -3.86. The van der Waals surface area contributed by atoms with Crippen LogP contribution in [0.15, 0.2) is 78.4 Å². The Labute approximate surface area is 186 Å². The van der Waals surface area contributed by atoms with Gasteiger partial charge in [0, 0.05) is 5.56 Å². The molecule has 0 saturated carbocycles. The van der Waals surface area contributed by atoms with Crippen LogP contribution in [0.25, 0.3) is 11.8 Å². The molecule has 0 spiro atoms. The molecule has 0 aromatic heterocycles. The molecule has 4 rings (SSSR count). The molecule has 32 heavy (non-hydrogen) atoms. The van der Waals surface area contributed by atoms with Crippen LogP contribution in [0.1, 0.15) is 29.2 Å². The molecule has 0 saturated heterocycles. The maximum absolute atomic E-state index is 13.4. The molecule has 1 aliphatic rings. The summed E-state index contributed by atoms with van der Waals surface area (Å²) in [7, 11) is 0. The summed E-state index contributed by atoms with van der Waals surface area (Å²) in [5.41, 5.74) is 3.94. The fourth-order valence-electron chi connectivity index (χ4n) is 3.32. The predicted molar refractivity (Wildman–Crippen MR) is 122 cm³/mol. The maximum atomic E-state index is 13.4. The van der Waals surface area contributed by atoms with Crippen molar-refractivity contribution in [2.24, 2.45) is 0 Å². The largest absolute Gasteiger partial charge is 0.490 e. The average molecular weight is 430 g/mol. The van der Waals surface area contributed by atoms with E-state index in [0.717, 1.165) is 22.3 Å². The highest BCUT2D eigenvalue weighted by Crippen LogP contribution is 2.32. The smallest absolute Gasteiger partial charge is 0.343 e. The van der Waals surface area contributed by atoms with Crippen LogP contribution in [0, 0.1) is 12.7 Å². The van der Waals surface area contributed by atoms with Gasteiger partial charge in [-0.3, -0.25) is 0 Å². The van der Waals surface area contributed by atoms with Gasteiger partial charge in [-0.25, -0.2) is 9.18 Å². The number of hydrogen-bond acceptors (Lipinski definition) is 4. The number of aryl methyl sites for hydroxylation is 1. The van der Waals surface area contributed by atoms with Crippen LogP contribution in [-0.2, 0) is 16.1 Å². The van der Waals surface area contributed by atoms with Crippen molar-refractivity contribution in [3.05, 3.63) is 106 Å². The Morgan fingerprint density at radius 2 is 1.78 bits per heavy atom. The van der Waals surface area contributed by atoms with E-state index in [0.29, 0.717) is 29.4 Å². The Morgan fingerprint density at radius 1 is 0.969 bits per heavy atom. The number of cyclic esters (lactones) is 1. The van der Waals surface area contributed by atoms with E-state index in [9.17, 15) is 9.18 Å². The van der Waals surface area contributed by atoms with Gasteiger partial charge in [-0.15, -0.1) is 0 Å². The van der Waals surface area contributed by atoms with Crippen LogP contribution in [-0.4, -0.2) is 12.6 Å². The molecule has 0 fully saturated rings. The lowest BCUT2D eigenvalue weighted by Crippen LogP contribution is -2.00. The molecule has 0 unspecified atom stereocenters. The summed E-state index contributed by atoms with van der Waals surface area (Å²) in [6.07, 6.45) is 3.49. The molecule has 1 heterocycles. The zero-order chi connectivity index (χ0) is 22.5. The minimum absolute atomic E-state index is 0.216. The Bertz CT molecular complexity index is 1190. The van der Waals surface area contributed by atoms with Gasteiger partial charge in [0.1, 0.15) is 18.2 Å². The Balaban J connectivity index is 1.55. The van der Waals surface area contributed by atoms with Crippen LogP contribution in [0.2, 0.25) is 0 Å². The van der Waals surface area contributed by atoms with E-state index in [4.69, 9.17) is 14.2 Å². The number of ether oxygens (including phenoxy) is 3. The molecular formula is C27H23FO4. The van der Waals surface area contributed by atoms with Crippen molar-refractivity contribution in [3.63, 3.8) is 0 Å². The number of benzene rings is 3. The molecule has 0 atom stereocenters. The normalized spacial score (nSPS) is 14.3. The van der Waals surface area contributed by atoms with Crippen LogP contribution < -0.4 is 9.47 Å². The van der Waals surface area contributed by atoms with Gasteiger partial charge in [0.05, 0.1) is 12.2 Å². The standard InChI is InChI=1S/C27H23FO4/c1-3-30-26-15-19(9-12-24(26)31-17-20-5-4-6-23(28)14-20)13-22-16-25(32-27(22)29)21-10-7-18(2)8-11-21/h4-16H,3,17H2,1-2H3/b22-13+. The molecule has 4 nitrogen and oxygen atoms in total. The van der Waals surface area contributed by atoms with E-state index >= 15 is 0 Å². The topological polar surface area (TPSA) is 44.8 Å². The van der Waals surface area contributed by atoms with Gasteiger partial charge in [-0.1, -0.05) is 48.0 Å². The van der Waals surface area contributed by atoms with Crippen molar-refractivity contribution in [1.29, 1.82) is 0 Å². The second kappa shape index (κ2) is 9.52. The lowest BCUT2D eigenvalue weighted by molar-refractivity contribution is -0.130. The van der Waals surface area contributed by atoms with Crippen molar-refractivity contribution in [2.75, 3.05) is 6.61 Å². The SMILES string of the molecule is CCOc1cc(/C=C2\C=C(c3ccc(C)cc3)OC2=O)ccc1OCc1cccc(F)c1. The minimum Gasteiger partial charge on any atom is -0.490 e. The van der Waals surface area contributed by atoms with Crippen molar-refractivity contribution in [1.82, 2.24) is 0 Å². The third kappa shape index (κ3) is 5.06. The lowest BCUT2D eigenvalue weighted by Gasteiger charge is -2.13.